The molecule has 0 N–H and O–H groups in total. The maximum atomic E-state index is 13.6. The average molecular weight is 327 g/mol. The number of ketones is 1. The molecule has 0 aliphatic heterocycles. The summed E-state index contributed by atoms with van der Waals surface area (Å²) in [5.74, 6) is 0.585. The van der Waals surface area contributed by atoms with E-state index in [1.165, 1.54) is 38.2 Å². The fourth-order valence-electron chi connectivity index (χ4n) is 2.82. The van der Waals surface area contributed by atoms with Crippen molar-refractivity contribution >= 4 is 21.7 Å². The molecule has 0 atom stereocenters. The van der Waals surface area contributed by atoms with Crippen LogP contribution in [0.15, 0.2) is 22.7 Å². The van der Waals surface area contributed by atoms with Gasteiger partial charge in [-0.15, -0.1) is 0 Å². The van der Waals surface area contributed by atoms with E-state index in [0.29, 0.717) is 17.9 Å². The minimum Gasteiger partial charge on any atom is -0.299 e. The third-order valence-corrected chi connectivity index (χ3v) is 4.44. The fourth-order valence-corrected chi connectivity index (χ4v) is 3.23. The van der Waals surface area contributed by atoms with Gasteiger partial charge in [-0.05, 0) is 36.1 Å². The molecule has 1 fully saturated rings. The third kappa shape index (κ3) is 4.72. The molecular weight excluding hydrogens is 307 g/mol. The third-order valence-electron chi connectivity index (χ3n) is 3.95. The Hall–Kier alpha value is -0.700. The summed E-state index contributed by atoms with van der Waals surface area (Å²) in [6.07, 6.45) is 8.27. The Morgan fingerprint density at radius 1 is 1.26 bits per heavy atom. The van der Waals surface area contributed by atoms with Crippen LogP contribution in [-0.2, 0) is 11.2 Å². The minimum absolute atomic E-state index is 0.155. The van der Waals surface area contributed by atoms with E-state index in [0.717, 1.165) is 10.9 Å². The number of hydrogen-bond donors (Lipinski definition) is 0. The molecule has 0 aromatic heterocycles. The van der Waals surface area contributed by atoms with Crippen LogP contribution < -0.4 is 0 Å². The molecule has 1 aromatic rings. The lowest BCUT2D eigenvalue weighted by molar-refractivity contribution is -0.118. The summed E-state index contributed by atoms with van der Waals surface area (Å²) in [5, 5.41) is 0. The summed E-state index contributed by atoms with van der Waals surface area (Å²) in [7, 11) is 0. The van der Waals surface area contributed by atoms with Gasteiger partial charge in [-0.2, -0.15) is 0 Å². The monoisotopic (exact) mass is 326 g/mol. The number of Topliss-reactive ketones (excluding diaryl/α,β-unsaturated/α-hetero) is 1. The van der Waals surface area contributed by atoms with Crippen LogP contribution in [0.25, 0.3) is 0 Å². The van der Waals surface area contributed by atoms with Crippen LogP contribution in [0.2, 0.25) is 0 Å². The maximum Gasteiger partial charge on any atom is 0.137 e. The minimum atomic E-state index is -0.283. The van der Waals surface area contributed by atoms with Crippen LogP contribution in [0.1, 0.15) is 50.5 Å². The first kappa shape index (κ1) is 14.7. The van der Waals surface area contributed by atoms with Gasteiger partial charge in [0.2, 0.25) is 0 Å². The highest BCUT2D eigenvalue weighted by atomic mass is 79.9. The lowest BCUT2D eigenvalue weighted by atomic mass is 9.85. The second-order valence-corrected chi connectivity index (χ2v) is 6.41. The van der Waals surface area contributed by atoms with Crippen LogP contribution in [-0.4, -0.2) is 5.78 Å². The molecule has 1 saturated carbocycles. The van der Waals surface area contributed by atoms with Gasteiger partial charge in [0.15, 0.2) is 0 Å². The lowest BCUT2D eigenvalue weighted by Gasteiger charge is -2.20. The molecule has 0 unspecified atom stereocenters. The molecule has 0 amide bonds. The van der Waals surface area contributed by atoms with E-state index in [4.69, 9.17) is 0 Å². The largest absolute Gasteiger partial charge is 0.299 e. The second kappa shape index (κ2) is 7.18. The van der Waals surface area contributed by atoms with Gasteiger partial charge < -0.3 is 0 Å². The molecule has 19 heavy (non-hydrogen) atoms. The first-order valence-electron chi connectivity index (χ1n) is 7.11. The Kier molecular flexibility index (Phi) is 5.56. The van der Waals surface area contributed by atoms with E-state index >= 15 is 0 Å². The molecule has 1 aromatic carbocycles. The maximum absolute atomic E-state index is 13.6. The molecule has 1 nitrogen and oxygen atoms in total. The van der Waals surface area contributed by atoms with E-state index in [2.05, 4.69) is 15.9 Å². The molecule has 0 heterocycles. The first-order valence-corrected chi connectivity index (χ1v) is 7.90. The summed E-state index contributed by atoms with van der Waals surface area (Å²) < 4.78 is 14.4. The Morgan fingerprint density at radius 3 is 2.74 bits per heavy atom. The van der Waals surface area contributed by atoms with Gasteiger partial charge in [0.25, 0.3) is 0 Å². The highest BCUT2D eigenvalue weighted by Gasteiger charge is 2.15. The van der Waals surface area contributed by atoms with E-state index in [1.54, 1.807) is 12.1 Å². The predicted octanol–water partition coefficient (Wildman–Crippen LogP) is 5.06. The van der Waals surface area contributed by atoms with Crippen LogP contribution in [0.3, 0.4) is 0 Å². The van der Waals surface area contributed by atoms with Gasteiger partial charge in [0.1, 0.15) is 11.6 Å². The molecule has 0 saturated heterocycles. The van der Waals surface area contributed by atoms with Crippen LogP contribution in [0, 0.1) is 11.7 Å². The summed E-state index contributed by atoms with van der Waals surface area (Å²) >= 11 is 3.31. The Bertz CT molecular complexity index is 438. The molecule has 1 aliphatic carbocycles. The predicted molar refractivity (Wildman–Crippen MR) is 78.6 cm³/mol. The second-order valence-electron chi connectivity index (χ2n) is 5.49. The number of hydrogen-bond acceptors (Lipinski definition) is 1. The smallest absolute Gasteiger partial charge is 0.137 e. The molecule has 3 heteroatoms. The number of carbonyl (C=O) groups excluding carboxylic acids is 1. The molecule has 0 radical (unpaired) electrons. The van der Waals surface area contributed by atoms with Gasteiger partial charge in [-0.25, -0.2) is 4.39 Å². The zero-order chi connectivity index (χ0) is 13.7. The molecule has 104 valence electrons. The van der Waals surface area contributed by atoms with Crippen molar-refractivity contribution in [3.05, 3.63) is 34.1 Å². The zero-order valence-electron chi connectivity index (χ0n) is 11.1. The lowest BCUT2D eigenvalue weighted by Crippen LogP contribution is -2.10. The van der Waals surface area contributed by atoms with Gasteiger partial charge in [0.05, 0.1) is 0 Å². The van der Waals surface area contributed by atoms with Crippen molar-refractivity contribution in [1.29, 1.82) is 0 Å². The van der Waals surface area contributed by atoms with Gasteiger partial charge >= 0.3 is 0 Å². The number of benzene rings is 1. The van der Waals surface area contributed by atoms with E-state index in [1.807, 2.05) is 0 Å². The normalized spacial score (nSPS) is 16.5. The quantitative estimate of drug-likeness (QED) is 0.739. The van der Waals surface area contributed by atoms with Crippen molar-refractivity contribution in [2.45, 2.75) is 51.4 Å². The van der Waals surface area contributed by atoms with E-state index in [9.17, 15) is 9.18 Å². The standard InChI is InChI=1S/C16H20BrFO/c17-14-7-9-16(18)13(10-14)11-15(19)8-6-12-4-2-1-3-5-12/h7,9-10,12H,1-6,8,11H2. The van der Waals surface area contributed by atoms with Crippen molar-refractivity contribution in [2.24, 2.45) is 5.92 Å². The van der Waals surface area contributed by atoms with Gasteiger partial charge in [-0.1, -0.05) is 48.0 Å². The van der Waals surface area contributed by atoms with Gasteiger partial charge in [-0.3, -0.25) is 4.79 Å². The Morgan fingerprint density at radius 2 is 2.00 bits per heavy atom. The molecule has 0 spiro atoms. The number of halogens is 2. The zero-order valence-corrected chi connectivity index (χ0v) is 12.7. The topological polar surface area (TPSA) is 17.1 Å². The fraction of sp³-hybridized carbons (Fsp3) is 0.562. The molecule has 2 rings (SSSR count). The van der Waals surface area contributed by atoms with Crippen molar-refractivity contribution in [3.63, 3.8) is 0 Å². The first-order chi connectivity index (χ1) is 9.15. The summed E-state index contributed by atoms with van der Waals surface area (Å²) in [4.78, 5) is 11.9. The SMILES string of the molecule is O=C(CCC1CCCCC1)Cc1cc(Br)ccc1F. The Labute approximate surface area is 122 Å². The van der Waals surface area contributed by atoms with Crippen molar-refractivity contribution in [3.8, 4) is 0 Å². The average Bonchev–Trinajstić information content (AvgIpc) is 2.42. The number of carbonyl (C=O) groups is 1. The van der Waals surface area contributed by atoms with Crippen molar-refractivity contribution in [1.82, 2.24) is 0 Å². The number of rotatable bonds is 5. The summed E-state index contributed by atoms with van der Waals surface area (Å²) in [5.41, 5.74) is 0.503. The Balaban J connectivity index is 1.81. The van der Waals surface area contributed by atoms with E-state index < -0.39 is 0 Å². The molecule has 0 bridgehead atoms. The van der Waals surface area contributed by atoms with Crippen molar-refractivity contribution < 1.29 is 9.18 Å². The highest BCUT2D eigenvalue weighted by molar-refractivity contribution is 9.10. The van der Waals surface area contributed by atoms with Crippen LogP contribution in [0.4, 0.5) is 4.39 Å². The van der Waals surface area contributed by atoms with Crippen LogP contribution in [0.5, 0.6) is 0 Å². The van der Waals surface area contributed by atoms with Gasteiger partial charge in [0, 0.05) is 17.3 Å². The summed E-state index contributed by atoms with van der Waals surface area (Å²) in [6, 6.07) is 4.77. The molecule has 1 aliphatic rings. The van der Waals surface area contributed by atoms with Crippen LogP contribution >= 0.6 is 15.9 Å². The van der Waals surface area contributed by atoms with E-state index in [-0.39, 0.29) is 18.0 Å². The molecular formula is C16H20BrFO. The summed E-state index contributed by atoms with van der Waals surface area (Å²) in [6.45, 7) is 0. The van der Waals surface area contributed by atoms with Crippen molar-refractivity contribution in [2.75, 3.05) is 0 Å². The highest BCUT2D eigenvalue weighted by Crippen LogP contribution is 2.27.